The third kappa shape index (κ3) is 3.85. The number of thioether (sulfide) groups is 1. The molecule has 0 radical (unpaired) electrons. The molecule has 1 unspecified atom stereocenters. The van der Waals surface area contributed by atoms with Crippen LogP contribution in [-0.4, -0.2) is 28.9 Å². The van der Waals surface area contributed by atoms with Crippen LogP contribution in [0.1, 0.15) is 40.5 Å². The molecule has 128 valence electrons. The molecule has 1 fully saturated rings. The van der Waals surface area contributed by atoms with Crippen LogP contribution in [-0.2, 0) is 4.79 Å². The van der Waals surface area contributed by atoms with E-state index in [1.165, 1.54) is 11.8 Å². The second-order valence-corrected chi connectivity index (χ2v) is 7.41. The highest BCUT2D eigenvalue weighted by atomic mass is 32.2. The Morgan fingerprint density at radius 2 is 1.92 bits per heavy atom. The van der Waals surface area contributed by atoms with Crippen molar-refractivity contribution in [3.8, 4) is 6.07 Å². The fraction of sp³-hybridized carbons (Fsp3) is 0.350. The Balaban J connectivity index is 1.99. The molecule has 25 heavy (non-hydrogen) atoms. The molecule has 1 amide bonds. The van der Waals surface area contributed by atoms with Crippen LogP contribution in [0.25, 0.3) is 0 Å². The van der Waals surface area contributed by atoms with Crippen molar-refractivity contribution < 1.29 is 4.79 Å². The molecule has 2 heterocycles. The van der Waals surface area contributed by atoms with Gasteiger partial charge in [-0.25, -0.2) is 4.98 Å². The molecule has 4 nitrogen and oxygen atoms in total. The van der Waals surface area contributed by atoms with Gasteiger partial charge in [-0.2, -0.15) is 5.26 Å². The molecule has 0 spiro atoms. The van der Waals surface area contributed by atoms with Crippen LogP contribution >= 0.6 is 11.8 Å². The quantitative estimate of drug-likeness (QED) is 0.781. The second-order valence-electron chi connectivity index (χ2n) is 6.31. The van der Waals surface area contributed by atoms with Crippen molar-refractivity contribution in [2.24, 2.45) is 0 Å². The second kappa shape index (κ2) is 7.71. The van der Waals surface area contributed by atoms with E-state index in [1.54, 1.807) is 0 Å². The first-order chi connectivity index (χ1) is 12.1. The summed E-state index contributed by atoms with van der Waals surface area (Å²) in [5.41, 5.74) is 3.28. The summed E-state index contributed by atoms with van der Waals surface area (Å²) in [6.45, 7) is 5.46. The van der Waals surface area contributed by atoms with Gasteiger partial charge in [-0.05, 0) is 43.9 Å². The molecule has 1 aliphatic rings. The zero-order valence-corrected chi connectivity index (χ0v) is 15.3. The monoisotopic (exact) mass is 351 g/mol. The van der Waals surface area contributed by atoms with Crippen LogP contribution in [0.15, 0.2) is 41.4 Å². The Hall–Kier alpha value is -2.32. The zero-order valence-electron chi connectivity index (χ0n) is 14.5. The van der Waals surface area contributed by atoms with Crippen LogP contribution in [0.2, 0.25) is 0 Å². The van der Waals surface area contributed by atoms with Gasteiger partial charge in [0.2, 0.25) is 5.91 Å². The lowest BCUT2D eigenvalue weighted by Gasteiger charge is -2.23. The number of nitriles is 1. The Morgan fingerprint density at radius 1 is 1.24 bits per heavy atom. The van der Waals surface area contributed by atoms with Crippen molar-refractivity contribution in [1.82, 2.24) is 9.88 Å². The lowest BCUT2D eigenvalue weighted by molar-refractivity contribution is -0.129. The van der Waals surface area contributed by atoms with Crippen molar-refractivity contribution in [2.45, 2.75) is 37.0 Å². The van der Waals surface area contributed by atoms with Crippen LogP contribution in [0.3, 0.4) is 0 Å². The fourth-order valence-electron chi connectivity index (χ4n) is 3.13. The average molecular weight is 351 g/mol. The van der Waals surface area contributed by atoms with Gasteiger partial charge in [0.25, 0.3) is 0 Å². The van der Waals surface area contributed by atoms with E-state index < -0.39 is 0 Å². The normalized spacial score (nSPS) is 15.0. The smallest absolute Gasteiger partial charge is 0.240 e. The summed E-state index contributed by atoms with van der Waals surface area (Å²) < 4.78 is 0. The maximum absolute atomic E-state index is 13.1. The summed E-state index contributed by atoms with van der Waals surface area (Å²) in [7, 11) is 0. The van der Waals surface area contributed by atoms with Gasteiger partial charge in [-0.15, -0.1) is 0 Å². The topological polar surface area (TPSA) is 57.0 Å². The molecule has 1 aromatic carbocycles. The number of hydrogen-bond donors (Lipinski definition) is 0. The molecule has 1 aromatic heterocycles. The lowest BCUT2D eigenvalue weighted by Crippen LogP contribution is -2.31. The van der Waals surface area contributed by atoms with Gasteiger partial charge in [0.05, 0.1) is 5.56 Å². The molecule has 0 bridgehead atoms. The highest BCUT2D eigenvalue weighted by Crippen LogP contribution is 2.38. The molecule has 1 atom stereocenters. The van der Waals surface area contributed by atoms with Gasteiger partial charge < -0.3 is 4.90 Å². The predicted octanol–water partition coefficient (Wildman–Crippen LogP) is 4.03. The summed E-state index contributed by atoms with van der Waals surface area (Å²) in [4.78, 5) is 19.6. The molecular weight excluding hydrogens is 330 g/mol. The number of pyridine rings is 1. The lowest BCUT2D eigenvalue weighted by atomic mass is 10.1. The number of nitrogens with zero attached hydrogens (tertiary/aromatic N) is 3. The van der Waals surface area contributed by atoms with E-state index in [0.29, 0.717) is 10.6 Å². The van der Waals surface area contributed by atoms with Crippen molar-refractivity contribution in [3.63, 3.8) is 0 Å². The van der Waals surface area contributed by atoms with Crippen molar-refractivity contribution in [1.29, 1.82) is 5.26 Å². The highest BCUT2D eigenvalue weighted by Gasteiger charge is 2.30. The number of hydrogen-bond acceptors (Lipinski definition) is 4. The fourth-order valence-corrected chi connectivity index (χ4v) is 4.42. The maximum atomic E-state index is 13.1. The Morgan fingerprint density at radius 3 is 2.56 bits per heavy atom. The number of carbonyl (C=O) groups excluding carboxylic acids is 1. The van der Waals surface area contributed by atoms with Gasteiger partial charge in [0, 0.05) is 18.8 Å². The molecule has 5 heteroatoms. The van der Waals surface area contributed by atoms with Crippen LogP contribution in [0.5, 0.6) is 0 Å². The number of rotatable bonds is 4. The summed E-state index contributed by atoms with van der Waals surface area (Å²) in [6, 6.07) is 13.9. The highest BCUT2D eigenvalue weighted by molar-refractivity contribution is 8.00. The van der Waals surface area contributed by atoms with E-state index in [4.69, 9.17) is 0 Å². The number of amides is 1. The third-order valence-electron chi connectivity index (χ3n) is 4.40. The molecule has 3 rings (SSSR count). The van der Waals surface area contributed by atoms with Gasteiger partial charge in [0.15, 0.2) is 0 Å². The molecular formula is C20H21N3OS. The minimum atomic E-state index is -0.375. The Bertz CT molecular complexity index is 808. The van der Waals surface area contributed by atoms with Gasteiger partial charge in [0.1, 0.15) is 16.3 Å². The molecule has 1 saturated heterocycles. The van der Waals surface area contributed by atoms with Gasteiger partial charge >= 0.3 is 0 Å². The van der Waals surface area contributed by atoms with Crippen LogP contribution < -0.4 is 0 Å². The summed E-state index contributed by atoms with van der Waals surface area (Å²) in [5, 5.41) is 9.79. The van der Waals surface area contributed by atoms with Gasteiger partial charge in [-0.3, -0.25) is 4.79 Å². The van der Waals surface area contributed by atoms with Gasteiger partial charge in [-0.1, -0.05) is 42.1 Å². The summed E-state index contributed by atoms with van der Waals surface area (Å²) >= 11 is 1.39. The summed E-state index contributed by atoms with van der Waals surface area (Å²) in [6.07, 6.45) is 2.12. The Kier molecular flexibility index (Phi) is 5.40. The molecule has 1 aliphatic heterocycles. The van der Waals surface area contributed by atoms with Crippen LogP contribution in [0, 0.1) is 25.2 Å². The van der Waals surface area contributed by atoms with Crippen molar-refractivity contribution >= 4 is 17.7 Å². The average Bonchev–Trinajstić information content (AvgIpc) is 3.14. The largest absolute Gasteiger partial charge is 0.341 e. The molecule has 2 aromatic rings. The number of carbonyl (C=O) groups is 1. The maximum Gasteiger partial charge on any atom is 0.240 e. The molecule has 0 saturated carbocycles. The van der Waals surface area contributed by atoms with Crippen molar-refractivity contribution in [3.05, 3.63) is 58.8 Å². The molecule has 0 N–H and O–H groups in total. The SMILES string of the molecule is Cc1cc(C)c(C#N)c(SC(C(=O)N2CCCC2)c2ccccc2)n1. The molecule has 0 aliphatic carbocycles. The van der Waals surface area contributed by atoms with E-state index in [1.807, 2.05) is 55.1 Å². The zero-order chi connectivity index (χ0) is 17.8. The Labute approximate surface area is 152 Å². The predicted molar refractivity (Wildman–Crippen MR) is 99.3 cm³/mol. The first-order valence-electron chi connectivity index (χ1n) is 8.49. The van der Waals surface area contributed by atoms with Crippen molar-refractivity contribution in [2.75, 3.05) is 13.1 Å². The number of aryl methyl sites for hydroxylation is 2. The van der Waals surface area contributed by atoms with E-state index >= 15 is 0 Å². The minimum Gasteiger partial charge on any atom is -0.341 e. The number of aromatic nitrogens is 1. The summed E-state index contributed by atoms with van der Waals surface area (Å²) in [5.74, 6) is 0.110. The van der Waals surface area contributed by atoms with E-state index in [9.17, 15) is 10.1 Å². The standard InChI is InChI=1S/C20H21N3OS/c1-14-12-15(2)22-19(17(14)13-21)25-18(16-8-4-3-5-9-16)20(24)23-10-6-7-11-23/h3-5,8-9,12,18H,6-7,10-11H2,1-2H3. The third-order valence-corrected chi connectivity index (χ3v) is 5.63. The van der Waals surface area contributed by atoms with E-state index in [2.05, 4.69) is 11.1 Å². The van der Waals surface area contributed by atoms with Crippen LogP contribution in [0.4, 0.5) is 0 Å². The first-order valence-corrected chi connectivity index (χ1v) is 9.37. The first kappa shape index (κ1) is 17.5. The number of benzene rings is 1. The van der Waals surface area contributed by atoms with E-state index in [-0.39, 0.29) is 11.2 Å². The minimum absolute atomic E-state index is 0.110. The number of likely N-dealkylation sites (tertiary alicyclic amines) is 1. The van der Waals surface area contributed by atoms with E-state index in [0.717, 1.165) is 42.8 Å².